The molecular formula is C18H27N3O3. The van der Waals surface area contributed by atoms with Crippen molar-refractivity contribution in [3.05, 3.63) is 17.0 Å². The van der Waals surface area contributed by atoms with Gasteiger partial charge in [0.15, 0.2) is 0 Å². The third-order valence-electron chi connectivity index (χ3n) is 6.15. The number of carbonyl (C=O) groups is 2. The minimum absolute atomic E-state index is 0.0254. The summed E-state index contributed by atoms with van der Waals surface area (Å²) in [5, 5.41) is 13.6. The highest BCUT2D eigenvalue weighted by atomic mass is 16.4. The standard InChI is InChI=1S/C18H27N3O3/c1-11(9-14-12(2)19-20(4)13(14)3)16(22)21-7-5-18(6-8-21)10-15(18)17(23)24/h11,15H,5-10H2,1-4H3,(H,23,24). The second-order valence-corrected chi connectivity index (χ2v) is 7.66. The molecule has 1 saturated heterocycles. The van der Waals surface area contributed by atoms with Crippen LogP contribution in [0.2, 0.25) is 0 Å². The second kappa shape index (κ2) is 5.90. The lowest BCUT2D eigenvalue weighted by atomic mass is 9.89. The minimum Gasteiger partial charge on any atom is -0.481 e. The summed E-state index contributed by atoms with van der Waals surface area (Å²) in [6.45, 7) is 7.39. The van der Waals surface area contributed by atoms with E-state index in [0.29, 0.717) is 19.5 Å². The Bertz CT molecular complexity index is 671. The number of amides is 1. The largest absolute Gasteiger partial charge is 0.481 e. The van der Waals surface area contributed by atoms with Gasteiger partial charge in [0.1, 0.15) is 0 Å². The zero-order valence-corrected chi connectivity index (χ0v) is 15.0. The van der Waals surface area contributed by atoms with Crippen LogP contribution in [0.15, 0.2) is 0 Å². The molecular weight excluding hydrogens is 306 g/mol. The zero-order chi connectivity index (χ0) is 17.6. The Morgan fingerprint density at radius 1 is 1.33 bits per heavy atom. The predicted molar refractivity (Wildman–Crippen MR) is 89.5 cm³/mol. The first-order valence-electron chi connectivity index (χ1n) is 8.76. The molecule has 6 nitrogen and oxygen atoms in total. The molecule has 1 spiro atoms. The number of likely N-dealkylation sites (tertiary alicyclic amines) is 1. The van der Waals surface area contributed by atoms with Crippen LogP contribution in [-0.4, -0.2) is 44.8 Å². The van der Waals surface area contributed by atoms with E-state index in [0.717, 1.165) is 30.7 Å². The fourth-order valence-electron chi connectivity index (χ4n) is 4.24. The van der Waals surface area contributed by atoms with E-state index in [9.17, 15) is 9.59 Å². The van der Waals surface area contributed by atoms with Crippen molar-refractivity contribution >= 4 is 11.9 Å². The summed E-state index contributed by atoms with van der Waals surface area (Å²) < 4.78 is 1.87. The van der Waals surface area contributed by atoms with Crippen molar-refractivity contribution in [1.29, 1.82) is 0 Å². The van der Waals surface area contributed by atoms with E-state index in [1.165, 1.54) is 5.56 Å². The molecule has 1 aliphatic carbocycles. The van der Waals surface area contributed by atoms with E-state index < -0.39 is 5.97 Å². The van der Waals surface area contributed by atoms with Crippen LogP contribution in [0.5, 0.6) is 0 Å². The normalized spacial score (nSPS) is 23.3. The summed E-state index contributed by atoms with van der Waals surface area (Å²) in [5.74, 6) is -0.756. The molecule has 0 aromatic carbocycles. The van der Waals surface area contributed by atoms with Gasteiger partial charge in [-0.3, -0.25) is 14.3 Å². The van der Waals surface area contributed by atoms with Crippen LogP contribution < -0.4 is 0 Å². The fourth-order valence-corrected chi connectivity index (χ4v) is 4.24. The Hall–Kier alpha value is -1.85. The van der Waals surface area contributed by atoms with Gasteiger partial charge in [0.2, 0.25) is 5.91 Å². The summed E-state index contributed by atoms with van der Waals surface area (Å²) in [5.41, 5.74) is 3.25. The third kappa shape index (κ3) is 2.82. The molecule has 24 heavy (non-hydrogen) atoms. The number of aromatic nitrogens is 2. The minimum atomic E-state index is -0.675. The Morgan fingerprint density at radius 3 is 2.42 bits per heavy atom. The first-order valence-corrected chi connectivity index (χ1v) is 8.76. The van der Waals surface area contributed by atoms with Crippen LogP contribution >= 0.6 is 0 Å². The summed E-state index contributed by atoms with van der Waals surface area (Å²) in [6.07, 6.45) is 3.15. The first-order chi connectivity index (χ1) is 11.2. The predicted octanol–water partition coefficient (Wildman–Crippen LogP) is 1.93. The lowest BCUT2D eigenvalue weighted by Crippen LogP contribution is -2.42. The third-order valence-corrected chi connectivity index (χ3v) is 6.15. The molecule has 2 fully saturated rings. The SMILES string of the molecule is Cc1nn(C)c(C)c1CC(C)C(=O)N1CCC2(CC1)CC2C(=O)O. The van der Waals surface area contributed by atoms with Crippen molar-refractivity contribution in [2.24, 2.45) is 24.3 Å². The van der Waals surface area contributed by atoms with E-state index in [1.807, 2.05) is 37.4 Å². The number of piperidine rings is 1. The van der Waals surface area contributed by atoms with E-state index >= 15 is 0 Å². The van der Waals surface area contributed by atoms with Gasteiger partial charge in [-0.25, -0.2) is 0 Å². The van der Waals surface area contributed by atoms with Gasteiger partial charge in [-0.05, 0) is 50.5 Å². The maximum atomic E-state index is 12.8. The second-order valence-electron chi connectivity index (χ2n) is 7.66. The van der Waals surface area contributed by atoms with Crippen molar-refractivity contribution in [2.45, 2.75) is 46.5 Å². The number of rotatable bonds is 4. The van der Waals surface area contributed by atoms with Crippen molar-refractivity contribution in [2.75, 3.05) is 13.1 Å². The van der Waals surface area contributed by atoms with E-state index in [1.54, 1.807) is 0 Å². The average molecular weight is 333 g/mol. The van der Waals surface area contributed by atoms with Crippen LogP contribution in [0.3, 0.4) is 0 Å². The first kappa shape index (κ1) is 17.0. The van der Waals surface area contributed by atoms with Gasteiger partial charge in [0.25, 0.3) is 0 Å². The molecule has 0 radical (unpaired) electrons. The average Bonchev–Trinajstić information content (AvgIpc) is 3.19. The van der Waals surface area contributed by atoms with E-state index in [4.69, 9.17) is 5.11 Å². The van der Waals surface area contributed by atoms with Crippen molar-refractivity contribution in [3.63, 3.8) is 0 Å². The number of carboxylic acids is 1. The van der Waals surface area contributed by atoms with Gasteiger partial charge in [-0.1, -0.05) is 6.92 Å². The molecule has 1 aromatic heterocycles. The highest BCUT2D eigenvalue weighted by Gasteiger charge is 2.59. The van der Waals surface area contributed by atoms with Gasteiger partial charge >= 0.3 is 5.97 Å². The molecule has 3 rings (SSSR count). The highest BCUT2D eigenvalue weighted by molar-refractivity contribution is 5.79. The Labute approximate surface area is 142 Å². The summed E-state index contributed by atoms with van der Waals surface area (Å²) >= 11 is 0. The number of hydrogen-bond donors (Lipinski definition) is 1. The number of aryl methyl sites for hydroxylation is 2. The van der Waals surface area contributed by atoms with Crippen LogP contribution in [0, 0.1) is 31.1 Å². The number of carboxylic acid groups (broad SMARTS) is 1. The van der Waals surface area contributed by atoms with Crippen molar-refractivity contribution in [3.8, 4) is 0 Å². The smallest absolute Gasteiger partial charge is 0.307 e. The zero-order valence-electron chi connectivity index (χ0n) is 15.0. The summed E-state index contributed by atoms with van der Waals surface area (Å²) in [4.78, 5) is 25.8. The van der Waals surface area contributed by atoms with Crippen LogP contribution in [0.4, 0.5) is 0 Å². The number of nitrogens with zero attached hydrogens (tertiary/aromatic N) is 3. The van der Waals surface area contributed by atoms with Crippen molar-refractivity contribution in [1.82, 2.24) is 14.7 Å². The lowest BCUT2D eigenvalue weighted by molar-refractivity contribution is -0.140. The van der Waals surface area contributed by atoms with E-state index in [2.05, 4.69) is 5.10 Å². The number of aliphatic carboxylic acids is 1. The van der Waals surface area contributed by atoms with Crippen LogP contribution in [-0.2, 0) is 23.1 Å². The van der Waals surface area contributed by atoms with E-state index in [-0.39, 0.29) is 23.2 Å². The summed E-state index contributed by atoms with van der Waals surface area (Å²) in [6, 6.07) is 0. The molecule has 1 aliphatic heterocycles. The maximum Gasteiger partial charge on any atom is 0.307 e. The quantitative estimate of drug-likeness (QED) is 0.913. The molecule has 0 bridgehead atoms. The van der Waals surface area contributed by atoms with Crippen LogP contribution in [0.1, 0.15) is 43.1 Å². The Balaban J connectivity index is 1.58. The molecule has 2 atom stereocenters. The maximum absolute atomic E-state index is 12.8. The van der Waals surface area contributed by atoms with Gasteiger partial charge < -0.3 is 10.0 Å². The summed E-state index contributed by atoms with van der Waals surface area (Å²) in [7, 11) is 1.93. The molecule has 2 heterocycles. The van der Waals surface area contributed by atoms with Gasteiger partial charge in [-0.15, -0.1) is 0 Å². The number of hydrogen-bond acceptors (Lipinski definition) is 3. The lowest BCUT2D eigenvalue weighted by Gasteiger charge is -2.34. The molecule has 2 unspecified atom stereocenters. The van der Waals surface area contributed by atoms with Crippen LogP contribution in [0.25, 0.3) is 0 Å². The molecule has 132 valence electrons. The fraction of sp³-hybridized carbons (Fsp3) is 0.722. The topological polar surface area (TPSA) is 75.4 Å². The van der Waals surface area contributed by atoms with Crippen molar-refractivity contribution < 1.29 is 14.7 Å². The molecule has 1 N–H and O–H groups in total. The Kier molecular flexibility index (Phi) is 4.18. The monoisotopic (exact) mass is 333 g/mol. The van der Waals surface area contributed by atoms with Gasteiger partial charge in [0.05, 0.1) is 11.6 Å². The van der Waals surface area contributed by atoms with Gasteiger partial charge in [-0.2, -0.15) is 5.10 Å². The molecule has 1 saturated carbocycles. The number of carbonyl (C=O) groups excluding carboxylic acids is 1. The molecule has 2 aliphatic rings. The Morgan fingerprint density at radius 2 is 1.96 bits per heavy atom. The molecule has 6 heteroatoms. The molecule has 1 aromatic rings. The molecule has 1 amide bonds. The van der Waals surface area contributed by atoms with Gasteiger partial charge in [0, 0.05) is 31.7 Å². The highest BCUT2D eigenvalue weighted by Crippen LogP contribution is 2.59.